The summed E-state index contributed by atoms with van der Waals surface area (Å²) in [5.74, 6) is 0. The topological polar surface area (TPSA) is 30.3 Å². The van der Waals surface area contributed by atoms with Gasteiger partial charge in [-0.1, -0.05) is 12.2 Å². The molecule has 1 aliphatic rings. The molecule has 1 fully saturated rings. The SMILES string of the molecule is C\C=C/C(=C\C(=C/C)n1cccn1)N1CCOCC1. The van der Waals surface area contributed by atoms with Gasteiger partial charge in [-0.25, -0.2) is 4.68 Å². The molecule has 4 nitrogen and oxygen atoms in total. The zero-order chi connectivity index (χ0) is 13.5. The summed E-state index contributed by atoms with van der Waals surface area (Å²) in [6.45, 7) is 7.53. The second-order valence-corrected chi connectivity index (χ2v) is 4.33. The molecule has 2 heterocycles. The van der Waals surface area contributed by atoms with Gasteiger partial charge in [0.15, 0.2) is 0 Å². The number of hydrogen-bond acceptors (Lipinski definition) is 3. The van der Waals surface area contributed by atoms with Crippen LogP contribution in [0.15, 0.2) is 48.5 Å². The average molecular weight is 259 g/mol. The first kappa shape index (κ1) is 13.6. The van der Waals surface area contributed by atoms with E-state index in [1.54, 1.807) is 6.20 Å². The van der Waals surface area contributed by atoms with E-state index in [1.807, 2.05) is 30.8 Å². The lowest BCUT2D eigenvalue weighted by Crippen LogP contribution is -2.35. The summed E-state index contributed by atoms with van der Waals surface area (Å²) in [4.78, 5) is 2.34. The maximum atomic E-state index is 5.41. The second-order valence-electron chi connectivity index (χ2n) is 4.33. The minimum Gasteiger partial charge on any atom is -0.378 e. The van der Waals surface area contributed by atoms with Gasteiger partial charge in [0.05, 0.1) is 18.9 Å². The van der Waals surface area contributed by atoms with Crippen molar-refractivity contribution in [2.45, 2.75) is 13.8 Å². The summed E-state index contributed by atoms with van der Waals surface area (Å²) >= 11 is 0. The zero-order valence-electron chi connectivity index (χ0n) is 11.6. The highest BCUT2D eigenvalue weighted by atomic mass is 16.5. The molecular weight excluding hydrogens is 238 g/mol. The number of nitrogens with zero attached hydrogens (tertiary/aromatic N) is 3. The lowest BCUT2D eigenvalue weighted by molar-refractivity contribution is 0.0554. The van der Waals surface area contributed by atoms with Crippen LogP contribution in [0.1, 0.15) is 13.8 Å². The smallest absolute Gasteiger partial charge is 0.0642 e. The van der Waals surface area contributed by atoms with Crippen LogP contribution in [0.4, 0.5) is 0 Å². The summed E-state index contributed by atoms with van der Waals surface area (Å²) in [6.07, 6.45) is 12.2. The maximum Gasteiger partial charge on any atom is 0.0642 e. The minimum atomic E-state index is 0.793. The fraction of sp³-hybridized carbons (Fsp3) is 0.400. The molecule has 19 heavy (non-hydrogen) atoms. The number of aromatic nitrogens is 2. The third-order valence-electron chi connectivity index (χ3n) is 3.07. The van der Waals surface area contributed by atoms with Gasteiger partial charge in [0.2, 0.25) is 0 Å². The molecule has 0 aromatic carbocycles. The molecular formula is C15H21N3O. The van der Waals surface area contributed by atoms with Gasteiger partial charge in [-0.15, -0.1) is 0 Å². The standard InChI is InChI=1S/C15H21N3O/c1-3-6-15(17-9-11-19-12-10-17)13-14(4-2)18-8-5-7-16-18/h3-8,13H,9-12H2,1-2H3/b6-3-,14-4+,15-13+. The zero-order valence-corrected chi connectivity index (χ0v) is 11.6. The fourth-order valence-corrected chi connectivity index (χ4v) is 2.09. The van der Waals surface area contributed by atoms with Crippen molar-refractivity contribution in [3.8, 4) is 0 Å². The lowest BCUT2D eigenvalue weighted by Gasteiger charge is -2.30. The van der Waals surface area contributed by atoms with Gasteiger partial charge in [-0.3, -0.25) is 0 Å². The highest BCUT2D eigenvalue weighted by Gasteiger charge is 2.12. The first-order valence-corrected chi connectivity index (χ1v) is 6.68. The van der Waals surface area contributed by atoms with Gasteiger partial charge in [0, 0.05) is 31.2 Å². The number of hydrogen-bond donors (Lipinski definition) is 0. The number of rotatable bonds is 4. The summed E-state index contributed by atoms with van der Waals surface area (Å²) in [7, 11) is 0. The predicted octanol–water partition coefficient (Wildman–Crippen LogP) is 2.54. The molecule has 0 spiro atoms. The van der Waals surface area contributed by atoms with Crippen molar-refractivity contribution in [3.63, 3.8) is 0 Å². The van der Waals surface area contributed by atoms with Crippen LogP contribution in [-0.2, 0) is 4.74 Å². The van der Waals surface area contributed by atoms with E-state index in [0.29, 0.717) is 0 Å². The quantitative estimate of drug-likeness (QED) is 0.778. The Bertz CT molecular complexity index is 466. The molecule has 0 atom stereocenters. The number of morpholine rings is 1. The Morgan fingerprint density at radius 1 is 1.21 bits per heavy atom. The van der Waals surface area contributed by atoms with Gasteiger partial charge >= 0.3 is 0 Å². The molecule has 1 aliphatic heterocycles. The van der Waals surface area contributed by atoms with Crippen LogP contribution in [0.2, 0.25) is 0 Å². The summed E-state index contributed by atoms with van der Waals surface area (Å²) in [5.41, 5.74) is 2.28. The third kappa shape index (κ3) is 3.58. The molecule has 0 N–H and O–H groups in total. The summed E-state index contributed by atoms with van der Waals surface area (Å²) in [6, 6.07) is 1.93. The van der Waals surface area contributed by atoms with Gasteiger partial charge in [0.25, 0.3) is 0 Å². The molecule has 102 valence electrons. The molecule has 1 aromatic rings. The van der Waals surface area contributed by atoms with Crippen LogP contribution in [0.5, 0.6) is 0 Å². The highest BCUT2D eigenvalue weighted by molar-refractivity contribution is 5.58. The van der Waals surface area contributed by atoms with Crippen LogP contribution in [0.3, 0.4) is 0 Å². The van der Waals surface area contributed by atoms with E-state index in [4.69, 9.17) is 4.74 Å². The van der Waals surface area contributed by atoms with Crippen LogP contribution < -0.4 is 0 Å². The summed E-state index contributed by atoms with van der Waals surface area (Å²) < 4.78 is 7.29. The van der Waals surface area contributed by atoms with E-state index in [1.165, 1.54) is 5.70 Å². The van der Waals surface area contributed by atoms with Crippen molar-refractivity contribution in [1.82, 2.24) is 14.7 Å². The Kier molecular flexibility index (Phi) is 4.98. The monoisotopic (exact) mass is 259 g/mol. The molecule has 4 heteroatoms. The van der Waals surface area contributed by atoms with Gasteiger partial charge < -0.3 is 9.64 Å². The molecule has 0 bridgehead atoms. The van der Waals surface area contributed by atoms with E-state index < -0.39 is 0 Å². The van der Waals surface area contributed by atoms with Gasteiger partial charge in [0.1, 0.15) is 0 Å². The molecule has 0 saturated carbocycles. The van der Waals surface area contributed by atoms with E-state index in [-0.39, 0.29) is 0 Å². The van der Waals surface area contributed by atoms with Crippen molar-refractivity contribution < 1.29 is 4.74 Å². The fourth-order valence-electron chi connectivity index (χ4n) is 2.09. The van der Waals surface area contributed by atoms with Crippen LogP contribution in [0, 0.1) is 0 Å². The molecule has 1 aromatic heterocycles. The third-order valence-corrected chi connectivity index (χ3v) is 3.07. The predicted molar refractivity (Wildman–Crippen MR) is 77.5 cm³/mol. The Balaban J connectivity index is 2.24. The second kappa shape index (κ2) is 6.95. The molecule has 0 aliphatic carbocycles. The maximum absolute atomic E-state index is 5.41. The van der Waals surface area contributed by atoms with Crippen molar-refractivity contribution in [2.24, 2.45) is 0 Å². The van der Waals surface area contributed by atoms with Crippen molar-refractivity contribution in [1.29, 1.82) is 0 Å². The molecule has 0 unspecified atom stereocenters. The Hall–Kier alpha value is -1.81. The first-order valence-electron chi connectivity index (χ1n) is 6.68. The van der Waals surface area contributed by atoms with E-state index in [9.17, 15) is 0 Å². The van der Waals surface area contributed by atoms with Crippen LogP contribution >= 0.6 is 0 Å². The Morgan fingerprint density at radius 3 is 2.58 bits per heavy atom. The van der Waals surface area contributed by atoms with E-state index in [2.05, 4.69) is 34.3 Å². The molecule has 1 saturated heterocycles. The Morgan fingerprint density at radius 2 is 2.00 bits per heavy atom. The van der Waals surface area contributed by atoms with Crippen molar-refractivity contribution >= 4 is 5.70 Å². The van der Waals surface area contributed by atoms with E-state index >= 15 is 0 Å². The average Bonchev–Trinajstić information content (AvgIpc) is 2.98. The van der Waals surface area contributed by atoms with Crippen LogP contribution in [-0.4, -0.2) is 41.0 Å². The number of ether oxygens (including phenoxy) is 1. The first-order chi connectivity index (χ1) is 9.35. The highest BCUT2D eigenvalue weighted by Crippen LogP contribution is 2.15. The normalized spacial score (nSPS) is 18.3. The Labute approximate surface area is 114 Å². The minimum absolute atomic E-state index is 0.793. The van der Waals surface area contributed by atoms with E-state index in [0.717, 1.165) is 32.0 Å². The largest absolute Gasteiger partial charge is 0.378 e. The lowest BCUT2D eigenvalue weighted by atomic mass is 10.2. The van der Waals surface area contributed by atoms with Gasteiger partial charge in [-0.2, -0.15) is 5.10 Å². The molecule has 0 amide bonds. The van der Waals surface area contributed by atoms with Crippen molar-refractivity contribution in [3.05, 3.63) is 48.5 Å². The van der Waals surface area contributed by atoms with Crippen LogP contribution in [0.25, 0.3) is 5.70 Å². The molecule has 0 radical (unpaired) electrons. The van der Waals surface area contributed by atoms with Gasteiger partial charge in [-0.05, 0) is 32.1 Å². The summed E-state index contributed by atoms with van der Waals surface area (Å²) in [5, 5.41) is 4.28. The molecule has 2 rings (SSSR count). The van der Waals surface area contributed by atoms with Crippen molar-refractivity contribution in [2.75, 3.05) is 26.3 Å². The number of allylic oxidation sites excluding steroid dienone is 5.